The standard InChI is InChI=1S/C22H27FN4O2/c1-24-13-18-11-17(23)14-27(18)22(28)15-26-9-6-19(7-10-26)29-21-4-2-3-16-12-25-8-5-20(16)21/h2-5,8,12-13,17-19H,6-7,9-11,14-15H2,1H3/b24-13-/t17-,18-/m0/s1. The highest BCUT2D eigenvalue weighted by molar-refractivity contribution is 5.87. The summed E-state index contributed by atoms with van der Waals surface area (Å²) < 4.78 is 20.0. The molecular weight excluding hydrogens is 371 g/mol. The van der Waals surface area contributed by atoms with Crippen LogP contribution in [0.5, 0.6) is 5.75 Å². The lowest BCUT2D eigenvalue weighted by molar-refractivity contribution is -0.132. The maximum atomic E-state index is 13.8. The number of nitrogens with zero attached hydrogens (tertiary/aromatic N) is 4. The number of carbonyl (C=O) groups is 1. The minimum absolute atomic E-state index is 0.0176. The molecule has 2 atom stereocenters. The minimum atomic E-state index is -0.961. The summed E-state index contributed by atoms with van der Waals surface area (Å²) in [6.07, 6.45) is 6.53. The summed E-state index contributed by atoms with van der Waals surface area (Å²) in [6.45, 7) is 2.09. The average Bonchev–Trinajstić information content (AvgIpc) is 3.10. The Morgan fingerprint density at radius 2 is 2.17 bits per heavy atom. The van der Waals surface area contributed by atoms with Crippen LogP contribution >= 0.6 is 0 Å². The summed E-state index contributed by atoms with van der Waals surface area (Å²) in [6, 6.07) is 7.76. The van der Waals surface area contributed by atoms with E-state index in [0.717, 1.165) is 42.5 Å². The quantitative estimate of drug-likeness (QED) is 0.727. The van der Waals surface area contributed by atoms with Crippen molar-refractivity contribution in [3.05, 3.63) is 36.7 Å². The molecule has 3 heterocycles. The van der Waals surface area contributed by atoms with Crippen LogP contribution in [-0.2, 0) is 4.79 Å². The molecule has 2 saturated heterocycles. The van der Waals surface area contributed by atoms with E-state index in [2.05, 4.69) is 14.9 Å². The number of rotatable bonds is 5. The van der Waals surface area contributed by atoms with E-state index in [1.54, 1.807) is 24.4 Å². The van der Waals surface area contributed by atoms with Crippen molar-refractivity contribution in [2.75, 3.05) is 33.2 Å². The van der Waals surface area contributed by atoms with Gasteiger partial charge in [-0.15, -0.1) is 0 Å². The molecule has 29 heavy (non-hydrogen) atoms. The number of aromatic nitrogens is 1. The second-order valence-electron chi connectivity index (χ2n) is 7.80. The predicted octanol–water partition coefficient (Wildman–Crippen LogP) is 2.72. The number of ether oxygens (including phenoxy) is 1. The summed E-state index contributed by atoms with van der Waals surface area (Å²) in [5, 5.41) is 2.13. The average molecular weight is 398 g/mol. The van der Waals surface area contributed by atoms with Gasteiger partial charge < -0.3 is 9.64 Å². The van der Waals surface area contributed by atoms with Gasteiger partial charge in [-0.25, -0.2) is 4.39 Å². The molecular formula is C22H27FN4O2. The molecule has 6 nitrogen and oxygen atoms in total. The summed E-state index contributed by atoms with van der Waals surface area (Å²) in [4.78, 5) is 24.6. The first kappa shape index (κ1) is 19.8. The SMILES string of the molecule is C/N=C\[C@@H]1C[C@H](F)CN1C(=O)CN1CCC(Oc2cccc3cnccc23)CC1. The second kappa shape index (κ2) is 8.86. The van der Waals surface area contributed by atoms with Crippen molar-refractivity contribution < 1.29 is 13.9 Å². The van der Waals surface area contributed by atoms with Gasteiger partial charge in [0.2, 0.25) is 5.91 Å². The van der Waals surface area contributed by atoms with Crippen LogP contribution < -0.4 is 4.74 Å². The van der Waals surface area contributed by atoms with Crippen molar-refractivity contribution in [3.63, 3.8) is 0 Å². The summed E-state index contributed by atoms with van der Waals surface area (Å²) in [5.74, 6) is 0.864. The summed E-state index contributed by atoms with van der Waals surface area (Å²) >= 11 is 0. The number of hydrogen-bond acceptors (Lipinski definition) is 5. The number of carbonyl (C=O) groups excluding carboxylic acids is 1. The molecule has 1 amide bonds. The zero-order chi connectivity index (χ0) is 20.2. The zero-order valence-corrected chi connectivity index (χ0v) is 16.7. The molecule has 2 aromatic rings. The van der Waals surface area contributed by atoms with Crippen molar-refractivity contribution in [2.24, 2.45) is 4.99 Å². The fourth-order valence-corrected chi connectivity index (χ4v) is 4.26. The molecule has 2 aliphatic rings. The smallest absolute Gasteiger partial charge is 0.237 e. The van der Waals surface area contributed by atoms with Crippen LogP contribution in [0.3, 0.4) is 0 Å². The Morgan fingerprint density at radius 3 is 2.97 bits per heavy atom. The lowest BCUT2D eigenvalue weighted by Crippen LogP contribution is -2.46. The van der Waals surface area contributed by atoms with E-state index in [1.165, 1.54) is 0 Å². The van der Waals surface area contributed by atoms with E-state index >= 15 is 0 Å². The van der Waals surface area contributed by atoms with Gasteiger partial charge in [-0.3, -0.25) is 19.7 Å². The third-order valence-corrected chi connectivity index (χ3v) is 5.76. The highest BCUT2D eigenvalue weighted by Crippen LogP contribution is 2.27. The van der Waals surface area contributed by atoms with Crippen molar-refractivity contribution >= 4 is 22.9 Å². The van der Waals surface area contributed by atoms with Gasteiger partial charge in [0, 0.05) is 55.9 Å². The zero-order valence-electron chi connectivity index (χ0n) is 16.7. The highest BCUT2D eigenvalue weighted by atomic mass is 19.1. The Labute approximate surface area is 170 Å². The van der Waals surface area contributed by atoms with Gasteiger partial charge >= 0.3 is 0 Å². The van der Waals surface area contributed by atoms with Crippen molar-refractivity contribution in [2.45, 2.75) is 37.6 Å². The van der Waals surface area contributed by atoms with E-state index in [9.17, 15) is 9.18 Å². The number of pyridine rings is 1. The number of hydrogen-bond donors (Lipinski definition) is 0. The third kappa shape index (κ3) is 4.56. The van der Waals surface area contributed by atoms with Crippen molar-refractivity contribution in [1.82, 2.24) is 14.8 Å². The Bertz CT molecular complexity index is 877. The van der Waals surface area contributed by atoms with Crippen LogP contribution in [0.25, 0.3) is 10.8 Å². The fourth-order valence-electron chi connectivity index (χ4n) is 4.26. The van der Waals surface area contributed by atoms with E-state index in [-0.39, 0.29) is 24.6 Å². The largest absolute Gasteiger partial charge is 0.490 e. The lowest BCUT2D eigenvalue weighted by Gasteiger charge is -2.33. The van der Waals surface area contributed by atoms with Gasteiger partial charge in [0.05, 0.1) is 19.1 Å². The Balaban J connectivity index is 1.31. The molecule has 1 aromatic carbocycles. The van der Waals surface area contributed by atoms with E-state index in [1.807, 2.05) is 30.5 Å². The molecule has 0 radical (unpaired) electrons. The first-order valence-electron chi connectivity index (χ1n) is 10.2. The Morgan fingerprint density at radius 1 is 1.34 bits per heavy atom. The Hall–Kier alpha value is -2.54. The third-order valence-electron chi connectivity index (χ3n) is 5.76. The number of likely N-dealkylation sites (tertiary alicyclic amines) is 2. The number of halogens is 1. The molecule has 0 unspecified atom stereocenters. The summed E-state index contributed by atoms with van der Waals surface area (Å²) in [5.41, 5.74) is 0. The van der Waals surface area contributed by atoms with Crippen LogP contribution in [0, 0.1) is 0 Å². The highest BCUT2D eigenvalue weighted by Gasteiger charge is 2.35. The van der Waals surface area contributed by atoms with Gasteiger partial charge in [-0.2, -0.15) is 0 Å². The molecule has 0 saturated carbocycles. The lowest BCUT2D eigenvalue weighted by atomic mass is 10.1. The first-order valence-corrected chi connectivity index (χ1v) is 10.2. The molecule has 0 N–H and O–H groups in total. The molecule has 4 rings (SSSR count). The minimum Gasteiger partial charge on any atom is -0.490 e. The first-order chi connectivity index (χ1) is 14.1. The molecule has 0 aliphatic carbocycles. The van der Waals surface area contributed by atoms with Crippen LogP contribution in [-0.4, -0.2) is 78.4 Å². The van der Waals surface area contributed by atoms with Crippen LogP contribution in [0.15, 0.2) is 41.7 Å². The number of amides is 1. The van der Waals surface area contributed by atoms with Crippen molar-refractivity contribution in [1.29, 1.82) is 0 Å². The van der Waals surface area contributed by atoms with Crippen LogP contribution in [0.2, 0.25) is 0 Å². The number of alkyl halides is 1. The number of aliphatic imine (C=N–C) groups is 1. The molecule has 154 valence electrons. The molecule has 0 spiro atoms. The number of fused-ring (bicyclic) bond motifs is 1. The van der Waals surface area contributed by atoms with E-state index in [0.29, 0.717) is 13.0 Å². The molecule has 1 aromatic heterocycles. The Kier molecular flexibility index (Phi) is 6.04. The maximum absolute atomic E-state index is 13.8. The number of benzene rings is 1. The topological polar surface area (TPSA) is 58.0 Å². The molecule has 2 fully saturated rings. The number of piperidine rings is 1. The predicted molar refractivity (Wildman–Crippen MR) is 111 cm³/mol. The normalized spacial score (nSPS) is 23.9. The molecule has 0 bridgehead atoms. The van der Waals surface area contributed by atoms with Gasteiger partial charge in [0.15, 0.2) is 0 Å². The molecule has 2 aliphatic heterocycles. The van der Waals surface area contributed by atoms with Gasteiger partial charge in [-0.1, -0.05) is 12.1 Å². The summed E-state index contributed by atoms with van der Waals surface area (Å²) in [7, 11) is 1.66. The second-order valence-corrected chi connectivity index (χ2v) is 7.80. The molecule has 7 heteroatoms. The van der Waals surface area contributed by atoms with Crippen LogP contribution in [0.1, 0.15) is 19.3 Å². The van der Waals surface area contributed by atoms with Gasteiger partial charge in [-0.05, 0) is 25.0 Å². The van der Waals surface area contributed by atoms with E-state index in [4.69, 9.17) is 4.74 Å². The van der Waals surface area contributed by atoms with Crippen LogP contribution in [0.4, 0.5) is 4.39 Å². The fraction of sp³-hybridized carbons (Fsp3) is 0.500. The van der Waals surface area contributed by atoms with Gasteiger partial charge in [0.25, 0.3) is 0 Å². The van der Waals surface area contributed by atoms with Gasteiger partial charge in [0.1, 0.15) is 18.0 Å². The van der Waals surface area contributed by atoms with E-state index < -0.39 is 6.17 Å². The maximum Gasteiger partial charge on any atom is 0.237 e. The monoisotopic (exact) mass is 398 g/mol. The van der Waals surface area contributed by atoms with Crippen molar-refractivity contribution in [3.8, 4) is 5.75 Å².